The number of ether oxygens (including phenoxy) is 1. The molecule has 1 aromatic rings. The van der Waals surface area contributed by atoms with Crippen LogP contribution in [0.15, 0.2) is 18.2 Å². The lowest BCUT2D eigenvalue weighted by Crippen LogP contribution is -2.34. The van der Waals surface area contributed by atoms with Crippen LogP contribution in [0.4, 0.5) is 4.39 Å². The molecule has 0 unspecified atom stereocenters. The van der Waals surface area contributed by atoms with Gasteiger partial charge < -0.3 is 9.84 Å². The van der Waals surface area contributed by atoms with Crippen LogP contribution in [0.25, 0.3) is 0 Å². The number of hydrogen-bond acceptors (Lipinski definition) is 2. The minimum absolute atomic E-state index is 0.296. The van der Waals surface area contributed by atoms with Gasteiger partial charge in [-0.15, -0.1) is 0 Å². The molecule has 1 N–H and O–H groups in total. The molecule has 1 aliphatic rings. The Balaban J connectivity index is 2.38. The van der Waals surface area contributed by atoms with Gasteiger partial charge >= 0.3 is 0 Å². The van der Waals surface area contributed by atoms with Crippen LogP contribution < -0.4 is 0 Å². The van der Waals surface area contributed by atoms with Crippen molar-refractivity contribution in [2.24, 2.45) is 0 Å². The van der Waals surface area contributed by atoms with Gasteiger partial charge in [0.25, 0.3) is 0 Å². The lowest BCUT2D eigenvalue weighted by Gasteiger charge is -2.33. The summed E-state index contributed by atoms with van der Waals surface area (Å²) in [5.41, 5.74) is 0.719. The van der Waals surface area contributed by atoms with Gasteiger partial charge in [0.15, 0.2) is 0 Å². The number of hydrogen-bond donors (Lipinski definition) is 1. The summed E-state index contributed by atoms with van der Waals surface area (Å²) >= 11 is 0. The van der Waals surface area contributed by atoms with Crippen molar-refractivity contribution in [1.29, 1.82) is 0 Å². The number of halogens is 1. The summed E-state index contributed by atoms with van der Waals surface area (Å²) < 4.78 is 18.3. The van der Waals surface area contributed by atoms with Crippen LogP contribution in [0.5, 0.6) is 0 Å². The number of benzene rings is 1. The fraction of sp³-hybridized carbons (Fsp3) is 0.500. The second kappa shape index (κ2) is 3.91. The highest BCUT2D eigenvalue weighted by atomic mass is 19.1. The Hall–Kier alpha value is -0.930. The maximum Gasteiger partial charge on any atom is 0.123 e. The van der Waals surface area contributed by atoms with Gasteiger partial charge in [0.1, 0.15) is 5.82 Å². The third-order valence-electron chi connectivity index (χ3n) is 3.02. The molecular formula is C12H15FO2. The van der Waals surface area contributed by atoms with E-state index in [1.54, 1.807) is 6.07 Å². The fourth-order valence-corrected chi connectivity index (χ4v) is 2.07. The molecule has 0 radical (unpaired) electrons. The largest absolute Gasteiger partial charge is 0.385 e. The standard InChI is InChI=1S/C12H15FO2/c1-9-2-3-10(13)8-11(9)12(14)4-6-15-7-5-12/h2-3,8,14H,4-7H2,1H3. The molecule has 2 nitrogen and oxygen atoms in total. The van der Waals surface area contributed by atoms with Crippen molar-refractivity contribution in [3.63, 3.8) is 0 Å². The van der Waals surface area contributed by atoms with Crippen LogP contribution in [-0.2, 0) is 10.3 Å². The number of rotatable bonds is 1. The third-order valence-corrected chi connectivity index (χ3v) is 3.02. The summed E-state index contributed by atoms with van der Waals surface area (Å²) in [6.07, 6.45) is 1.08. The van der Waals surface area contributed by atoms with Gasteiger partial charge in [-0.05, 0) is 30.2 Å². The van der Waals surface area contributed by atoms with E-state index in [0.717, 1.165) is 5.56 Å². The van der Waals surface area contributed by atoms with E-state index in [4.69, 9.17) is 4.74 Å². The van der Waals surface area contributed by atoms with E-state index in [0.29, 0.717) is 31.6 Å². The van der Waals surface area contributed by atoms with E-state index in [1.807, 2.05) is 6.92 Å². The summed E-state index contributed by atoms with van der Waals surface area (Å²) in [7, 11) is 0. The van der Waals surface area contributed by atoms with Gasteiger partial charge in [0, 0.05) is 26.1 Å². The summed E-state index contributed by atoms with van der Waals surface area (Å²) in [5.74, 6) is -0.296. The molecule has 2 rings (SSSR count). The quantitative estimate of drug-likeness (QED) is 0.769. The summed E-state index contributed by atoms with van der Waals surface area (Å²) in [5, 5.41) is 10.4. The average Bonchev–Trinajstić information content (AvgIpc) is 2.23. The molecule has 1 fully saturated rings. The predicted molar refractivity (Wildman–Crippen MR) is 55.1 cm³/mol. The molecule has 1 saturated heterocycles. The number of aryl methyl sites for hydroxylation is 1. The molecule has 1 aromatic carbocycles. The Morgan fingerprint density at radius 3 is 2.67 bits per heavy atom. The van der Waals surface area contributed by atoms with E-state index < -0.39 is 5.60 Å². The Morgan fingerprint density at radius 2 is 2.00 bits per heavy atom. The maximum absolute atomic E-state index is 13.1. The van der Waals surface area contributed by atoms with Crippen molar-refractivity contribution >= 4 is 0 Å². The predicted octanol–water partition coefficient (Wildman–Crippen LogP) is 2.13. The normalized spacial score (nSPS) is 20.2. The van der Waals surface area contributed by atoms with Crippen LogP contribution in [0.2, 0.25) is 0 Å². The van der Waals surface area contributed by atoms with E-state index in [2.05, 4.69) is 0 Å². The number of aliphatic hydroxyl groups is 1. The van der Waals surface area contributed by atoms with Gasteiger partial charge in [-0.1, -0.05) is 6.07 Å². The first-order chi connectivity index (χ1) is 7.12. The molecule has 0 bridgehead atoms. The van der Waals surface area contributed by atoms with Gasteiger partial charge in [0.2, 0.25) is 0 Å². The SMILES string of the molecule is Cc1ccc(F)cc1C1(O)CCOCC1. The highest BCUT2D eigenvalue weighted by molar-refractivity contribution is 5.32. The fourth-order valence-electron chi connectivity index (χ4n) is 2.07. The van der Waals surface area contributed by atoms with Crippen molar-refractivity contribution in [2.75, 3.05) is 13.2 Å². The second-order valence-corrected chi connectivity index (χ2v) is 4.10. The summed E-state index contributed by atoms with van der Waals surface area (Å²) in [4.78, 5) is 0. The van der Waals surface area contributed by atoms with Crippen molar-refractivity contribution in [2.45, 2.75) is 25.4 Å². The summed E-state index contributed by atoms with van der Waals surface area (Å²) in [6, 6.07) is 4.56. The average molecular weight is 210 g/mol. The first-order valence-corrected chi connectivity index (χ1v) is 5.19. The molecule has 1 aliphatic heterocycles. The van der Waals surface area contributed by atoms with Gasteiger partial charge in [-0.3, -0.25) is 0 Å². The first-order valence-electron chi connectivity index (χ1n) is 5.19. The van der Waals surface area contributed by atoms with Crippen LogP contribution in [-0.4, -0.2) is 18.3 Å². The molecular weight excluding hydrogens is 195 g/mol. The minimum atomic E-state index is -0.912. The Labute approximate surface area is 88.7 Å². The monoisotopic (exact) mass is 210 g/mol. The Bertz CT molecular complexity index is 357. The smallest absolute Gasteiger partial charge is 0.123 e. The zero-order valence-electron chi connectivity index (χ0n) is 8.79. The molecule has 0 aromatic heterocycles. The van der Waals surface area contributed by atoms with Crippen LogP contribution in [0.3, 0.4) is 0 Å². The van der Waals surface area contributed by atoms with Crippen molar-refractivity contribution in [1.82, 2.24) is 0 Å². The highest BCUT2D eigenvalue weighted by Gasteiger charge is 2.33. The maximum atomic E-state index is 13.1. The molecule has 15 heavy (non-hydrogen) atoms. The lowest BCUT2D eigenvalue weighted by molar-refractivity contribution is -0.0684. The Morgan fingerprint density at radius 1 is 1.33 bits per heavy atom. The van der Waals surface area contributed by atoms with Gasteiger partial charge in [-0.25, -0.2) is 4.39 Å². The van der Waals surface area contributed by atoms with E-state index in [9.17, 15) is 9.50 Å². The molecule has 1 heterocycles. The van der Waals surface area contributed by atoms with Crippen molar-refractivity contribution in [3.05, 3.63) is 35.1 Å². The second-order valence-electron chi connectivity index (χ2n) is 4.10. The zero-order valence-corrected chi connectivity index (χ0v) is 8.79. The van der Waals surface area contributed by atoms with E-state index in [1.165, 1.54) is 12.1 Å². The van der Waals surface area contributed by atoms with Gasteiger partial charge in [0.05, 0.1) is 5.60 Å². The van der Waals surface area contributed by atoms with Crippen LogP contribution >= 0.6 is 0 Å². The minimum Gasteiger partial charge on any atom is -0.385 e. The summed E-state index contributed by atoms with van der Waals surface area (Å²) in [6.45, 7) is 2.96. The van der Waals surface area contributed by atoms with E-state index in [-0.39, 0.29) is 5.82 Å². The molecule has 3 heteroatoms. The van der Waals surface area contributed by atoms with E-state index >= 15 is 0 Å². The molecule has 0 aliphatic carbocycles. The topological polar surface area (TPSA) is 29.5 Å². The molecule has 82 valence electrons. The lowest BCUT2D eigenvalue weighted by atomic mass is 9.84. The third kappa shape index (κ3) is 2.03. The van der Waals surface area contributed by atoms with Crippen molar-refractivity contribution in [3.8, 4) is 0 Å². The van der Waals surface area contributed by atoms with Gasteiger partial charge in [-0.2, -0.15) is 0 Å². The highest BCUT2D eigenvalue weighted by Crippen LogP contribution is 2.34. The molecule has 0 saturated carbocycles. The molecule has 0 atom stereocenters. The Kier molecular flexibility index (Phi) is 2.76. The molecule has 0 amide bonds. The van der Waals surface area contributed by atoms with Crippen LogP contribution in [0, 0.1) is 12.7 Å². The van der Waals surface area contributed by atoms with Crippen molar-refractivity contribution < 1.29 is 14.2 Å². The molecule has 0 spiro atoms. The van der Waals surface area contributed by atoms with Crippen LogP contribution in [0.1, 0.15) is 24.0 Å². The first kappa shape index (κ1) is 10.6. The zero-order chi connectivity index (χ0) is 10.9.